The monoisotopic (exact) mass is 591 g/mol. The molecule has 0 N–H and O–H groups in total. The molecule has 1 aliphatic carbocycles. The highest BCUT2D eigenvalue weighted by molar-refractivity contribution is 5.78. The quantitative estimate of drug-likeness (QED) is 0.270. The fraction of sp³-hybridized carbons (Fsp3) is 0.424. The summed E-state index contributed by atoms with van der Waals surface area (Å²) in [6.45, 7) is 5.87. The second-order valence-electron chi connectivity index (χ2n) is 11.4. The van der Waals surface area contributed by atoms with Gasteiger partial charge in [0.25, 0.3) is 0 Å². The van der Waals surface area contributed by atoms with E-state index in [-0.39, 0.29) is 24.0 Å². The molecule has 2 aliphatic heterocycles. The van der Waals surface area contributed by atoms with Crippen LogP contribution >= 0.6 is 0 Å². The first-order valence-electron chi connectivity index (χ1n) is 14.8. The van der Waals surface area contributed by atoms with Crippen LogP contribution in [0.25, 0.3) is 11.1 Å². The summed E-state index contributed by atoms with van der Waals surface area (Å²) in [4.78, 5) is 34.2. The number of fused-ring (bicyclic) bond motifs is 1. The maximum atomic E-state index is 14.0. The number of hydrogen-bond acceptors (Lipinski definition) is 7. The summed E-state index contributed by atoms with van der Waals surface area (Å²) in [5.74, 6) is -0.139. The van der Waals surface area contributed by atoms with Crippen molar-refractivity contribution in [2.75, 3.05) is 31.7 Å². The lowest BCUT2D eigenvalue weighted by atomic mass is 9.92. The number of carbonyl (C=O) groups is 2. The van der Waals surface area contributed by atoms with Crippen LogP contribution in [0.4, 0.5) is 19.4 Å². The summed E-state index contributed by atoms with van der Waals surface area (Å²) in [6.07, 6.45) is 1.66. The number of rotatable bonds is 9. The maximum Gasteiger partial charge on any atom is 0.411 e. The van der Waals surface area contributed by atoms with Gasteiger partial charge in [0.1, 0.15) is 29.3 Å². The number of benzene rings is 2. The van der Waals surface area contributed by atoms with E-state index in [4.69, 9.17) is 19.2 Å². The lowest BCUT2D eigenvalue weighted by Crippen LogP contribution is -2.38. The minimum atomic E-state index is -0.835. The molecule has 1 unspecified atom stereocenters. The van der Waals surface area contributed by atoms with Gasteiger partial charge in [0.15, 0.2) is 0 Å². The Labute approximate surface area is 249 Å². The summed E-state index contributed by atoms with van der Waals surface area (Å²) in [5, 5.41) is 0. The fourth-order valence-electron chi connectivity index (χ4n) is 6.37. The highest BCUT2D eigenvalue weighted by Gasteiger charge is 2.41. The van der Waals surface area contributed by atoms with Crippen molar-refractivity contribution < 1.29 is 32.6 Å². The summed E-state index contributed by atoms with van der Waals surface area (Å²) < 4.78 is 44.7. The summed E-state index contributed by atoms with van der Waals surface area (Å²) in [6, 6.07) is 10.8. The normalized spacial score (nSPS) is 21.0. The van der Waals surface area contributed by atoms with E-state index in [1.807, 2.05) is 18.2 Å². The number of esters is 1. The molecule has 3 aromatic rings. The lowest BCUT2D eigenvalue weighted by molar-refractivity contribution is -0.143. The van der Waals surface area contributed by atoms with Gasteiger partial charge in [-0.3, -0.25) is 9.69 Å². The molecule has 226 valence electrons. The first-order valence-corrected chi connectivity index (χ1v) is 14.8. The Bertz CT molecular complexity index is 1540. The van der Waals surface area contributed by atoms with Crippen LogP contribution in [0.1, 0.15) is 67.5 Å². The second kappa shape index (κ2) is 11.8. The Morgan fingerprint density at radius 2 is 1.86 bits per heavy atom. The Morgan fingerprint density at radius 3 is 2.53 bits per heavy atom. The molecule has 0 saturated carbocycles. The number of cyclic esters (lactones) is 1. The zero-order valence-electron chi connectivity index (χ0n) is 24.6. The van der Waals surface area contributed by atoms with Crippen LogP contribution in [0.3, 0.4) is 0 Å². The number of pyridine rings is 1. The number of anilines is 1. The molecule has 0 bridgehead atoms. The second-order valence-corrected chi connectivity index (χ2v) is 11.4. The zero-order valence-corrected chi connectivity index (χ0v) is 24.6. The van der Waals surface area contributed by atoms with Crippen LogP contribution in [-0.2, 0) is 27.2 Å². The van der Waals surface area contributed by atoms with Crippen LogP contribution in [0.15, 0.2) is 42.5 Å². The third-order valence-electron chi connectivity index (χ3n) is 8.74. The van der Waals surface area contributed by atoms with Gasteiger partial charge in [-0.1, -0.05) is 0 Å². The Balaban J connectivity index is 1.37. The smallest absolute Gasteiger partial charge is 0.411 e. The first kappa shape index (κ1) is 28.9. The van der Waals surface area contributed by atoms with E-state index in [0.29, 0.717) is 24.5 Å². The summed E-state index contributed by atoms with van der Waals surface area (Å²) in [5.41, 5.74) is 4.76. The fourth-order valence-corrected chi connectivity index (χ4v) is 6.37. The predicted octanol–water partition coefficient (Wildman–Crippen LogP) is 6.31. The topological polar surface area (TPSA) is 81.2 Å². The van der Waals surface area contributed by atoms with E-state index in [2.05, 4.69) is 11.0 Å². The third-order valence-corrected chi connectivity index (χ3v) is 8.74. The SMILES string of the molecule is CCOC(=O)CC1CCc2cc(OC)c(-c3ccc(N4CCC4)nc3CN3C(=O)O[C@H](c4cc(F)cc(F)c4)[C@@H]3C)cc21. The molecule has 1 amide bonds. The Hall–Kier alpha value is -4.21. The average molecular weight is 592 g/mol. The lowest BCUT2D eigenvalue weighted by Gasteiger charge is -2.33. The Morgan fingerprint density at radius 1 is 1.09 bits per heavy atom. The molecule has 6 rings (SSSR count). The highest BCUT2D eigenvalue weighted by Crippen LogP contribution is 2.44. The van der Waals surface area contributed by atoms with Gasteiger partial charge < -0.3 is 19.1 Å². The standard InChI is InChI=1S/C33H35F2N3O5/c1-4-42-31(39)15-21-7-6-20-14-29(41-3)27(17-26(20)21)25-8-9-30(37-10-5-11-37)36-28(25)18-38-19(2)32(43-33(38)40)22-12-23(34)16-24(35)13-22/h8-9,12-14,16-17,19,21,32H,4-7,10-11,15,18H2,1-3H3/t19-,21?,32-/m0/s1. The van der Waals surface area contributed by atoms with Crippen molar-refractivity contribution in [2.24, 2.45) is 0 Å². The van der Waals surface area contributed by atoms with E-state index in [1.165, 1.54) is 12.1 Å². The molecule has 2 fully saturated rings. The molecule has 43 heavy (non-hydrogen) atoms. The van der Waals surface area contributed by atoms with E-state index >= 15 is 0 Å². The molecule has 3 aliphatic rings. The van der Waals surface area contributed by atoms with Gasteiger partial charge in [-0.25, -0.2) is 18.6 Å². The van der Waals surface area contributed by atoms with Crippen molar-refractivity contribution >= 4 is 17.9 Å². The highest BCUT2D eigenvalue weighted by atomic mass is 19.1. The largest absolute Gasteiger partial charge is 0.496 e. The third kappa shape index (κ3) is 5.62. The molecular weight excluding hydrogens is 556 g/mol. The van der Waals surface area contributed by atoms with Crippen LogP contribution in [0.2, 0.25) is 0 Å². The van der Waals surface area contributed by atoms with Gasteiger partial charge in [0, 0.05) is 35.8 Å². The van der Waals surface area contributed by atoms with Crippen LogP contribution < -0.4 is 9.64 Å². The number of nitrogens with zero attached hydrogens (tertiary/aromatic N) is 3. The van der Waals surface area contributed by atoms with Crippen molar-refractivity contribution in [1.29, 1.82) is 0 Å². The van der Waals surface area contributed by atoms with Crippen LogP contribution in [0, 0.1) is 11.6 Å². The number of ether oxygens (including phenoxy) is 3. The summed E-state index contributed by atoms with van der Waals surface area (Å²) >= 11 is 0. The molecule has 3 atom stereocenters. The first-order chi connectivity index (χ1) is 20.7. The molecule has 8 nitrogen and oxygen atoms in total. The van der Waals surface area contributed by atoms with E-state index in [1.54, 1.807) is 25.9 Å². The van der Waals surface area contributed by atoms with Gasteiger partial charge in [-0.05, 0) is 86.6 Å². The van der Waals surface area contributed by atoms with Crippen molar-refractivity contribution in [1.82, 2.24) is 9.88 Å². The number of amides is 1. The molecule has 2 saturated heterocycles. The number of carbonyl (C=O) groups excluding carboxylic acids is 2. The maximum absolute atomic E-state index is 14.0. The van der Waals surface area contributed by atoms with Gasteiger partial charge in [-0.15, -0.1) is 0 Å². The van der Waals surface area contributed by atoms with E-state index < -0.39 is 29.9 Å². The van der Waals surface area contributed by atoms with Gasteiger partial charge in [0.2, 0.25) is 0 Å². The van der Waals surface area contributed by atoms with Gasteiger partial charge >= 0.3 is 12.1 Å². The number of methoxy groups -OCH3 is 1. The van der Waals surface area contributed by atoms with Crippen molar-refractivity contribution in [3.05, 3.63) is 76.5 Å². The van der Waals surface area contributed by atoms with E-state index in [0.717, 1.165) is 66.5 Å². The average Bonchev–Trinajstić information content (AvgIpc) is 3.46. The molecule has 2 aromatic carbocycles. The van der Waals surface area contributed by atoms with Gasteiger partial charge in [-0.2, -0.15) is 0 Å². The van der Waals surface area contributed by atoms with Crippen molar-refractivity contribution in [3.8, 4) is 16.9 Å². The van der Waals surface area contributed by atoms with E-state index in [9.17, 15) is 18.4 Å². The molecule has 1 aromatic heterocycles. The Kier molecular flexibility index (Phi) is 7.94. The number of halogens is 2. The van der Waals surface area contributed by atoms with Crippen molar-refractivity contribution in [3.63, 3.8) is 0 Å². The predicted molar refractivity (Wildman–Crippen MR) is 156 cm³/mol. The number of aryl methyl sites for hydroxylation is 1. The zero-order chi connectivity index (χ0) is 30.2. The molecule has 0 spiro atoms. The van der Waals surface area contributed by atoms with Crippen molar-refractivity contribution in [2.45, 2.75) is 64.1 Å². The van der Waals surface area contributed by atoms with Crippen LogP contribution in [0.5, 0.6) is 5.75 Å². The summed E-state index contributed by atoms with van der Waals surface area (Å²) in [7, 11) is 1.63. The minimum Gasteiger partial charge on any atom is -0.496 e. The molecule has 0 radical (unpaired) electrons. The molecule has 3 heterocycles. The molecular formula is C33H35F2N3O5. The minimum absolute atomic E-state index is 0.0384. The number of hydrogen-bond donors (Lipinski definition) is 0. The molecule has 10 heteroatoms. The van der Waals surface area contributed by atoms with Gasteiger partial charge in [0.05, 0.1) is 38.4 Å². The number of aromatic nitrogens is 1. The van der Waals surface area contributed by atoms with Crippen LogP contribution in [-0.4, -0.2) is 54.8 Å².